The maximum atomic E-state index is 11.8. The number of hydrogen-bond acceptors (Lipinski definition) is 3. The zero-order valence-electron chi connectivity index (χ0n) is 10.9. The van der Waals surface area contributed by atoms with Gasteiger partial charge in [0, 0.05) is 19.3 Å². The number of likely N-dealkylation sites (N-methyl/N-ethyl adjacent to an activating group) is 1. The molecule has 0 aromatic heterocycles. The minimum Gasteiger partial charge on any atom is -0.376 e. The molecule has 0 aliphatic carbocycles. The van der Waals surface area contributed by atoms with E-state index in [2.05, 4.69) is 18.3 Å². The van der Waals surface area contributed by atoms with Gasteiger partial charge in [-0.2, -0.15) is 5.26 Å². The number of unbranched alkanes of at least 4 members (excludes halogenated alkanes) is 1. The number of amides is 1. The zero-order valence-corrected chi connectivity index (χ0v) is 10.9. The first-order valence-electron chi connectivity index (χ1n) is 6.15. The van der Waals surface area contributed by atoms with Crippen molar-refractivity contribution in [3.05, 3.63) is 29.8 Å². The van der Waals surface area contributed by atoms with E-state index in [1.807, 2.05) is 13.1 Å². The van der Waals surface area contributed by atoms with Crippen molar-refractivity contribution in [1.82, 2.24) is 4.90 Å². The average Bonchev–Trinajstić information content (AvgIpc) is 2.42. The molecule has 96 valence electrons. The second kappa shape index (κ2) is 7.33. The van der Waals surface area contributed by atoms with Gasteiger partial charge in [-0.25, -0.2) is 0 Å². The molecule has 18 heavy (non-hydrogen) atoms. The Labute approximate surface area is 108 Å². The fourth-order valence-electron chi connectivity index (χ4n) is 1.53. The minimum absolute atomic E-state index is 0.0609. The molecule has 1 aromatic rings. The third kappa shape index (κ3) is 4.46. The Kier molecular flexibility index (Phi) is 5.72. The van der Waals surface area contributed by atoms with Gasteiger partial charge >= 0.3 is 0 Å². The third-order valence-corrected chi connectivity index (χ3v) is 2.71. The molecular formula is C14H19N3O. The lowest BCUT2D eigenvalue weighted by atomic mass is 10.2. The molecule has 1 amide bonds. The summed E-state index contributed by atoms with van der Waals surface area (Å²) in [6.45, 7) is 3.15. The van der Waals surface area contributed by atoms with Crippen LogP contribution in [-0.4, -0.2) is 30.9 Å². The number of hydrogen-bond donors (Lipinski definition) is 1. The van der Waals surface area contributed by atoms with Crippen molar-refractivity contribution >= 4 is 11.6 Å². The number of benzene rings is 1. The SMILES string of the molecule is CCCCN(C)C(=O)CNc1cccc(C#N)c1. The quantitative estimate of drug-likeness (QED) is 0.836. The van der Waals surface area contributed by atoms with Crippen LogP contribution < -0.4 is 5.32 Å². The highest BCUT2D eigenvalue weighted by Gasteiger charge is 2.07. The second-order valence-electron chi connectivity index (χ2n) is 4.22. The van der Waals surface area contributed by atoms with Gasteiger partial charge in [0.15, 0.2) is 0 Å². The lowest BCUT2D eigenvalue weighted by Crippen LogP contribution is -2.32. The van der Waals surface area contributed by atoms with Crippen LogP contribution in [0, 0.1) is 11.3 Å². The van der Waals surface area contributed by atoms with Gasteiger partial charge in [0.1, 0.15) is 0 Å². The summed E-state index contributed by atoms with van der Waals surface area (Å²) in [5.41, 5.74) is 1.39. The smallest absolute Gasteiger partial charge is 0.241 e. The Bertz CT molecular complexity index is 437. The highest BCUT2D eigenvalue weighted by atomic mass is 16.2. The summed E-state index contributed by atoms with van der Waals surface area (Å²) < 4.78 is 0. The van der Waals surface area contributed by atoms with E-state index in [-0.39, 0.29) is 12.5 Å². The van der Waals surface area contributed by atoms with Crippen molar-refractivity contribution in [2.24, 2.45) is 0 Å². The van der Waals surface area contributed by atoms with E-state index in [1.54, 1.807) is 23.1 Å². The van der Waals surface area contributed by atoms with Crippen LogP contribution in [0.15, 0.2) is 24.3 Å². The van der Waals surface area contributed by atoms with Gasteiger partial charge in [-0.1, -0.05) is 19.4 Å². The normalized spacial score (nSPS) is 9.61. The molecule has 0 heterocycles. The fourth-order valence-corrected chi connectivity index (χ4v) is 1.53. The number of carbonyl (C=O) groups excluding carboxylic acids is 1. The largest absolute Gasteiger partial charge is 0.376 e. The minimum atomic E-state index is 0.0609. The Balaban J connectivity index is 2.44. The summed E-state index contributed by atoms with van der Waals surface area (Å²) in [5, 5.41) is 11.8. The van der Waals surface area contributed by atoms with E-state index in [1.165, 1.54) is 0 Å². The van der Waals surface area contributed by atoms with Crippen LogP contribution in [0.4, 0.5) is 5.69 Å². The van der Waals surface area contributed by atoms with Crippen LogP contribution in [0.5, 0.6) is 0 Å². The summed E-state index contributed by atoms with van der Waals surface area (Å²) in [6.07, 6.45) is 2.10. The molecule has 0 aliphatic heterocycles. The van der Waals surface area contributed by atoms with E-state index >= 15 is 0 Å². The van der Waals surface area contributed by atoms with E-state index in [0.717, 1.165) is 25.1 Å². The molecule has 1 N–H and O–H groups in total. The van der Waals surface area contributed by atoms with Crippen LogP contribution in [0.3, 0.4) is 0 Å². The first-order valence-corrected chi connectivity index (χ1v) is 6.15. The zero-order chi connectivity index (χ0) is 13.4. The fraction of sp³-hybridized carbons (Fsp3) is 0.429. The first-order chi connectivity index (χ1) is 8.67. The lowest BCUT2D eigenvalue weighted by molar-refractivity contribution is -0.128. The average molecular weight is 245 g/mol. The molecule has 0 fully saturated rings. The number of nitriles is 1. The molecule has 1 aromatic carbocycles. The molecule has 1 rings (SSSR count). The summed E-state index contributed by atoms with van der Waals surface area (Å²) in [6, 6.07) is 9.19. The predicted octanol–water partition coefficient (Wildman–Crippen LogP) is 2.23. The Morgan fingerprint density at radius 2 is 2.28 bits per heavy atom. The van der Waals surface area contributed by atoms with Gasteiger partial charge in [0.2, 0.25) is 5.91 Å². The third-order valence-electron chi connectivity index (χ3n) is 2.71. The Morgan fingerprint density at radius 1 is 1.50 bits per heavy atom. The molecule has 0 saturated heterocycles. The van der Waals surface area contributed by atoms with Gasteiger partial charge < -0.3 is 10.2 Å². The van der Waals surface area contributed by atoms with E-state index in [0.29, 0.717) is 5.56 Å². The van der Waals surface area contributed by atoms with Crippen LogP contribution in [0.1, 0.15) is 25.3 Å². The summed E-state index contributed by atoms with van der Waals surface area (Å²) in [5.74, 6) is 0.0609. The molecule has 0 saturated carbocycles. The molecule has 0 unspecified atom stereocenters. The molecule has 0 bridgehead atoms. The second-order valence-corrected chi connectivity index (χ2v) is 4.22. The van der Waals surface area contributed by atoms with E-state index in [9.17, 15) is 4.79 Å². The molecule has 0 radical (unpaired) electrons. The molecule has 4 heteroatoms. The number of carbonyl (C=O) groups is 1. The van der Waals surface area contributed by atoms with Gasteiger partial charge in [-0.15, -0.1) is 0 Å². The number of nitrogens with one attached hydrogen (secondary N) is 1. The van der Waals surface area contributed by atoms with Crippen molar-refractivity contribution in [3.8, 4) is 6.07 Å². The highest BCUT2D eigenvalue weighted by Crippen LogP contribution is 2.09. The molecule has 0 aliphatic rings. The maximum Gasteiger partial charge on any atom is 0.241 e. The monoisotopic (exact) mass is 245 g/mol. The standard InChI is InChI=1S/C14H19N3O/c1-3-4-8-17(2)14(18)11-16-13-7-5-6-12(9-13)10-15/h5-7,9,16H,3-4,8,11H2,1-2H3. The summed E-state index contributed by atoms with van der Waals surface area (Å²) in [4.78, 5) is 13.5. The molecule has 0 atom stereocenters. The maximum absolute atomic E-state index is 11.8. The lowest BCUT2D eigenvalue weighted by Gasteiger charge is -2.17. The summed E-state index contributed by atoms with van der Waals surface area (Å²) in [7, 11) is 1.81. The first kappa shape index (κ1) is 14.0. The van der Waals surface area contributed by atoms with E-state index in [4.69, 9.17) is 5.26 Å². The van der Waals surface area contributed by atoms with Crippen molar-refractivity contribution in [2.45, 2.75) is 19.8 Å². The predicted molar refractivity (Wildman–Crippen MR) is 72.2 cm³/mol. The molecule has 0 spiro atoms. The van der Waals surface area contributed by atoms with Crippen molar-refractivity contribution < 1.29 is 4.79 Å². The van der Waals surface area contributed by atoms with Gasteiger partial charge in [-0.3, -0.25) is 4.79 Å². The van der Waals surface area contributed by atoms with Crippen molar-refractivity contribution in [2.75, 3.05) is 25.5 Å². The van der Waals surface area contributed by atoms with Crippen LogP contribution in [0.25, 0.3) is 0 Å². The number of nitrogens with zero attached hydrogens (tertiary/aromatic N) is 2. The van der Waals surface area contributed by atoms with Gasteiger partial charge in [0.05, 0.1) is 18.2 Å². The van der Waals surface area contributed by atoms with Crippen LogP contribution in [-0.2, 0) is 4.79 Å². The van der Waals surface area contributed by atoms with Gasteiger partial charge in [0.25, 0.3) is 0 Å². The number of anilines is 1. The topological polar surface area (TPSA) is 56.1 Å². The van der Waals surface area contributed by atoms with Crippen molar-refractivity contribution in [1.29, 1.82) is 5.26 Å². The van der Waals surface area contributed by atoms with Crippen molar-refractivity contribution in [3.63, 3.8) is 0 Å². The molecule has 4 nitrogen and oxygen atoms in total. The van der Waals surface area contributed by atoms with Gasteiger partial charge in [-0.05, 0) is 24.6 Å². The molecular weight excluding hydrogens is 226 g/mol. The highest BCUT2D eigenvalue weighted by molar-refractivity contribution is 5.80. The van der Waals surface area contributed by atoms with Crippen LogP contribution in [0.2, 0.25) is 0 Å². The van der Waals surface area contributed by atoms with E-state index < -0.39 is 0 Å². The Morgan fingerprint density at radius 3 is 2.94 bits per heavy atom. The van der Waals surface area contributed by atoms with Crippen LogP contribution >= 0.6 is 0 Å². The summed E-state index contributed by atoms with van der Waals surface area (Å²) >= 11 is 0. The Hall–Kier alpha value is -2.02. The number of rotatable bonds is 6.